The second-order valence-corrected chi connectivity index (χ2v) is 9.30. The van der Waals surface area contributed by atoms with Gasteiger partial charge in [0.2, 0.25) is 5.91 Å². The molecule has 0 fully saturated rings. The van der Waals surface area contributed by atoms with Crippen LogP contribution in [0.1, 0.15) is 29.2 Å². The molecule has 4 rings (SSSR count). The van der Waals surface area contributed by atoms with E-state index in [4.69, 9.17) is 9.47 Å². The van der Waals surface area contributed by atoms with E-state index in [9.17, 15) is 9.59 Å². The maximum Gasteiger partial charge on any atom is 0.330 e. The lowest BCUT2D eigenvalue weighted by atomic mass is 10.1. The van der Waals surface area contributed by atoms with Crippen molar-refractivity contribution in [2.75, 3.05) is 20.2 Å². The number of ether oxygens (including phenoxy) is 2. The van der Waals surface area contributed by atoms with Crippen LogP contribution in [0.5, 0.6) is 5.75 Å². The first-order chi connectivity index (χ1) is 18.4. The minimum absolute atomic E-state index is 0.0125. The van der Waals surface area contributed by atoms with E-state index < -0.39 is 5.97 Å². The van der Waals surface area contributed by atoms with Crippen LogP contribution in [0.15, 0.2) is 85.1 Å². The highest BCUT2D eigenvalue weighted by molar-refractivity contribution is 5.95. The number of rotatable bonds is 11. The van der Waals surface area contributed by atoms with E-state index in [-0.39, 0.29) is 12.5 Å². The van der Waals surface area contributed by atoms with Gasteiger partial charge in [-0.05, 0) is 55.7 Å². The van der Waals surface area contributed by atoms with Crippen molar-refractivity contribution in [1.82, 2.24) is 9.47 Å². The number of aromatic nitrogens is 1. The van der Waals surface area contributed by atoms with Crippen LogP contribution in [0.2, 0.25) is 0 Å². The van der Waals surface area contributed by atoms with E-state index in [1.54, 1.807) is 17.9 Å². The summed E-state index contributed by atoms with van der Waals surface area (Å²) in [5.74, 6) is 0.322. The molecule has 1 heterocycles. The molecule has 3 aromatic carbocycles. The molecule has 0 radical (unpaired) electrons. The maximum atomic E-state index is 13.1. The monoisotopic (exact) mass is 510 g/mol. The lowest BCUT2D eigenvalue weighted by Gasteiger charge is -2.18. The molecule has 0 atom stereocenters. The van der Waals surface area contributed by atoms with E-state index in [0.29, 0.717) is 25.5 Å². The van der Waals surface area contributed by atoms with Gasteiger partial charge in [-0.2, -0.15) is 0 Å². The molecule has 0 unspecified atom stereocenters. The summed E-state index contributed by atoms with van der Waals surface area (Å²) in [6.07, 6.45) is 5.83. The fraction of sp³-hybridized carbons (Fsp3) is 0.250. The minimum atomic E-state index is -0.406. The Kier molecular flexibility index (Phi) is 8.98. The highest BCUT2D eigenvalue weighted by atomic mass is 16.5. The largest absolute Gasteiger partial charge is 0.489 e. The summed E-state index contributed by atoms with van der Waals surface area (Å²) in [4.78, 5) is 26.8. The van der Waals surface area contributed by atoms with E-state index in [1.807, 2.05) is 54.2 Å². The summed E-state index contributed by atoms with van der Waals surface area (Å²) in [5.41, 5.74) is 5.19. The van der Waals surface area contributed by atoms with Crippen molar-refractivity contribution in [3.05, 3.63) is 107 Å². The molecule has 4 aromatic rings. The van der Waals surface area contributed by atoms with Crippen LogP contribution < -0.4 is 4.74 Å². The summed E-state index contributed by atoms with van der Waals surface area (Å²) in [6, 6.07) is 24.2. The van der Waals surface area contributed by atoms with Gasteiger partial charge in [0.15, 0.2) is 0 Å². The molecule has 0 N–H and O–H groups in total. The first kappa shape index (κ1) is 26.7. The summed E-state index contributed by atoms with van der Waals surface area (Å²) in [5, 5.41) is 0.895. The molecule has 0 bridgehead atoms. The second-order valence-electron chi connectivity index (χ2n) is 9.30. The number of carbonyl (C=O) groups is 2. The van der Waals surface area contributed by atoms with Gasteiger partial charge in [0.1, 0.15) is 18.9 Å². The molecular formula is C32H34N2O4. The Morgan fingerprint density at radius 2 is 1.74 bits per heavy atom. The zero-order valence-corrected chi connectivity index (χ0v) is 22.2. The number of likely N-dealkylation sites (N-methyl/N-ethyl adjacent to an activating group) is 1. The Balaban J connectivity index is 1.53. The van der Waals surface area contributed by atoms with Gasteiger partial charge in [-0.15, -0.1) is 0 Å². The number of hydrogen-bond donors (Lipinski definition) is 0. The molecule has 38 heavy (non-hydrogen) atoms. The van der Waals surface area contributed by atoms with Gasteiger partial charge >= 0.3 is 5.97 Å². The van der Waals surface area contributed by atoms with Crippen LogP contribution in [0.25, 0.3) is 17.0 Å². The van der Waals surface area contributed by atoms with E-state index in [0.717, 1.165) is 28.5 Å². The number of hydrogen-bond acceptors (Lipinski definition) is 4. The first-order valence-electron chi connectivity index (χ1n) is 12.9. The van der Waals surface area contributed by atoms with E-state index >= 15 is 0 Å². The molecule has 1 amide bonds. The third kappa shape index (κ3) is 7.13. The number of nitrogens with zero attached hydrogens (tertiary/aromatic N) is 2. The zero-order chi connectivity index (χ0) is 26.9. The molecule has 0 aliphatic heterocycles. The topological polar surface area (TPSA) is 60.8 Å². The predicted molar refractivity (Wildman–Crippen MR) is 151 cm³/mol. The fourth-order valence-corrected chi connectivity index (χ4v) is 4.19. The molecule has 1 aromatic heterocycles. The van der Waals surface area contributed by atoms with Gasteiger partial charge in [0, 0.05) is 42.3 Å². The smallest absolute Gasteiger partial charge is 0.330 e. The molecule has 6 nitrogen and oxygen atoms in total. The van der Waals surface area contributed by atoms with Gasteiger partial charge in [0.05, 0.1) is 6.61 Å². The van der Waals surface area contributed by atoms with Gasteiger partial charge in [-0.1, -0.05) is 60.2 Å². The number of benzene rings is 3. The molecule has 0 aliphatic carbocycles. The van der Waals surface area contributed by atoms with Crippen LogP contribution in [0, 0.1) is 6.92 Å². The number of aryl methyl sites for hydroxylation is 1. The molecule has 0 saturated heterocycles. The average molecular weight is 511 g/mol. The second kappa shape index (κ2) is 12.8. The van der Waals surface area contributed by atoms with Gasteiger partial charge in [0.25, 0.3) is 0 Å². The van der Waals surface area contributed by atoms with Crippen LogP contribution in [-0.2, 0) is 33.9 Å². The Morgan fingerprint density at radius 1 is 0.974 bits per heavy atom. The standard InChI is InChI=1S/C32H34N2O4/c1-4-37-32(36)17-14-27-21-34(22-31(35)33(3)19-18-25-8-6-5-7-9-25)30-16-15-28(20-29(27)30)38-23-26-12-10-24(2)11-13-26/h5-17,20-21H,4,18-19,22-23H2,1-3H3. The average Bonchev–Trinajstić information content (AvgIpc) is 3.27. The number of amides is 1. The Labute approximate surface area is 224 Å². The number of fused-ring (bicyclic) bond motifs is 1. The van der Waals surface area contributed by atoms with E-state index in [1.165, 1.54) is 17.2 Å². The molecule has 6 heteroatoms. The SMILES string of the molecule is CCOC(=O)C=Cc1cn(CC(=O)N(C)CCc2ccccc2)c2ccc(OCc3ccc(C)cc3)cc12. The molecule has 196 valence electrons. The maximum absolute atomic E-state index is 13.1. The van der Waals surface area contributed by atoms with Crippen molar-refractivity contribution >= 4 is 28.9 Å². The lowest BCUT2D eigenvalue weighted by molar-refractivity contribution is -0.137. The zero-order valence-electron chi connectivity index (χ0n) is 22.2. The van der Waals surface area contributed by atoms with Gasteiger partial charge in [-0.25, -0.2) is 4.79 Å². The Morgan fingerprint density at radius 3 is 2.47 bits per heavy atom. The van der Waals surface area contributed by atoms with Crippen molar-refractivity contribution in [1.29, 1.82) is 0 Å². The third-order valence-corrected chi connectivity index (χ3v) is 6.41. The van der Waals surface area contributed by atoms with Crippen LogP contribution in [0.3, 0.4) is 0 Å². The van der Waals surface area contributed by atoms with Crippen molar-refractivity contribution < 1.29 is 19.1 Å². The minimum Gasteiger partial charge on any atom is -0.489 e. The third-order valence-electron chi connectivity index (χ3n) is 6.41. The fourth-order valence-electron chi connectivity index (χ4n) is 4.19. The highest BCUT2D eigenvalue weighted by Crippen LogP contribution is 2.28. The van der Waals surface area contributed by atoms with Crippen molar-refractivity contribution in [3.63, 3.8) is 0 Å². The summed E-state index contributed by atoms with van der Waals surface area (Å²) in [6.45, 7) is 5.42. The first-order valence-corrected chi connectivity index (χ1v) is 12.9. The van der Waals surface area contributed by atoms with Crippen LogP contribution >= 0.6 is 0 Å². The number of carbonyl (C=O) groups excluding carboxylic acids is 2. The van der Waals surface area contributed by atoms with Crippen LogP contribution in [0.4, 0.5) is 0 Å². The van der Waals surface area contributed by atoms with Crippen molar-refractivity contribution in [2.45, 2.75) is 33.4 Å². The molecule has 0 saturated carbocycles. The Hall–Kier alpha value is -4.32. The summed E-state index contributed by atoms with van der Waals surface area (Å²) in [7, 11) is 1.83. The van der Waals surface area contributed by atoms with Gasteiger partial charge < -0.3 is 18.9 Å². The van der Waals surface area contributed by atoms with Crippen LogP contribution in [-0.4, -0.2) is 41.5 Å². The normalized spacial score (nSPS) is 11.1. The summed E-state index contributed by atoms with van der Waals surface area (Å²) >= 11 is 0. The Bertz CT molecular complexity index is 1400. The highest BCUT2D eigenvalue weighted by Gasteiger charge is 2.14. The lowest BCUT2D eigenvalue weighted by Crippen LogP contribution is -2.31. The van der Waals surface area contributed by atoms with Crippen molar-refractivity contribution in [2.24, 2.45) is 0 Å². The van der Waals surface area contributed by atoms with Gasteiger partial charge in [-0.3, -0.25) is 4.79 Å². The quantitative estimate of drug-likeness (QED) is 0.189. The molecule has 0 aliphatic rings. The van der Waals surface area contributed by atoms with Crippen molar-refractivity contribution in [3.8, 4) is 5.75 Å². The molecular weight excluding hydrogens is 476 g/mol. The summed E-state index contributed by atoms with van der Waals surface area (Å²) < 4.78 is 13.0. The number of esters is 1. The molecule has 0 spiro atoms. The van der Waals surface area contributed by atoms with E-state index in [2.05, 4.69) is 43.3 Å². The predicted octanol–water partition coefficient (Wildman–Crippen LogP) is 5.81.